The van der Waals surface area contributed by atoms with Crippen molar-refractivity contribution in [3.8, 4) is 0 Å². The number of halogens is 1. The molecule has 0 aliphatic rings. The predicted molar refractivity (Wildman–Crippen MR) is 49.8 cm³/mol. The van der Waals surface area contributed by atoms with Crippen LogP contribution in [0.5, 0.6) is 0 Å². The molecule has 0 aromatic carbocycles. The molecule has 0 heterocycles. The van der Waals surface area contributed by atoms with E-state index in [2.05, 4.69) is 16.5 Å². The third kappa shape index (κ3) is 6.29. The Morgan fingerprint density at radius 2 is 2.30 bits per heavy atom. The molecular weight excluding hydrogens is 164 g/mol. The van der Waals surface area contributed by atoms with Crippen molar-refractivity contribution in [2.75, 3.05) is 27.2 Å². The second kappa shape index (κ2) is 5.92. The Kier molecular flexibility index (Phi) is 6.01. The predicted octanol–water partition coefficient (Wildman–Crippen LogP) is 0.322. The average Bonchev–Trinajstić information content (AvgIpc) is 1.87. The topological polar surface area (TPSA) is 15.3 Å². The van der Waals surface area contributed by atoms with Crippen LogP contribution < -0.4 is 4.98 Å². The maximum atomic E-state index is 5.84. The van der Waals surface area contributed by atoms with Gasteiger partial charge >= 0.3 is 0 Å². The molecule has 10 heavy (non-hydrogen) atoms. The number of hydrogen-bond donors (Lipinski definition) is 1. The van der Waals surface area contributed by atoms with E-state index >= 15 is 0 Å². The zero-order chi connectivity index (χ0) is 7.98. The highest BCUT2D eigenvalue weighted by Gasteiger charge is 1.98. The summed E-state index contributed by atoms with van der Waals surface area (Å²) in [7, 11) is 2.80. The standard InChI is InChI=1S/C6H15ClN2Si/c1-4-10(7)8-5-6-9(2)3/h4,8,10H,1,5-6H2,2-3H3. The van der Waals surface area contributed by atoms with E-state index in [9.17, 15) is 0 Å². The van der Waals surface area contributed by atoms with Gasteiger partial charge in [-0.1, -0.05) is 5.70 Å². The SMILES string of the molecule is C=C[SiH](Cl)NCCN(C)C. The molecule has 0 saturated carbocycles. The Bertz CT molecular complexity index is 97.7. The van der Waals surface area contributed by atoms with Crippen LogP contribution in [0.15, 0.2) is 12.3 Å². The molecule has 0 fully saturated rings. The number of nitrogens with one attached hydrogen (secondary N) is 1. The highest BCUT2D eigenvalue weighted by Crippen LogP contribution is 1.83. The maximum absolute atomic E-state index is 5.84. The van der Waals surface area contributed by atoms with Crippen molar-refractivity contribution in [3.63, 3.8) is 0 Å². The van der Waals surface area contributed by atoms with Crippen LogP contribution in [0.3, 0.4) is 0 Å². The molecule has 0 saturated heterocycles. The van der Waals surface area contributed by atoms with E-state index in [0.717, 1.165) is 13.1 Å². The summed E-state index contributed by atoms with van der Waals surface area (Å²) in [5.41, 5.74) is 1.82. The molecule has 1 unspecified atom stereocenters. The zero-order valence-electron chi connectivity index (χ0n) is 6.60. The van der Waals surface area contributed by atoms with Gasteiger partial charge in [0.25, 0.3) is 0 Å². The van der Waals surface area contributed by atoms with Crippen molar-refractivity contribution >= 4 is 19.3 Å². The monoisotopic (exact) mass is 178 g/mol. The fourth-order valence-electron chi connectivity index (χ4n) is 0.509. The van der Waals surface area contributed by atoms with E-state index in [0.29, 0.717) is 0 Å². The van der Waals surface area contributed by atoms with E-state index in [4.69, 9.17) is 11.1 Å². The van der Waals surface area contributed by atoms with Gasteiger partial charge < -0.3 is 9.88 Å². The van der Waals surface area contributed by atoms with E-state index < -0.39 is 8.27 Å². The van der Waals surface area contributed by atoms with Gasteiger partial charge in [-0.25, -0.2) is 0 Å². The molecule has 60 valence electrons. The van der Waals surface area contributed by atoms with Crippen LogP contribution in [0.1, 0.15) is 0 Å². The second-order valence-corrected chi connectivity index (χ2v) is 5.49. The molecule has 0 radical (unpaired) electrons. The number of likely N-dealkylation sites (N-methyl/N-ethyl adjacent to an activating group) is 1. The van der Waals surface area contributed by atoms with Crippen LogP contribution in [-0.2, 0) is 0 Å². The average molecular weight is 179 g/mol. The van der Waals surface area contributed by atoms with Crippen molar-refractivity contribution < 1.29 is 0 Å². The minimum atomic E-state index is -1.28. The molecule has 0 spiro atoms. The minimum absolute atomic E-state index is 0.958. The summed E-state index contributed by atoms with van der Waals surface area (Å²) in [5, 5.41) is 0. The normalized spacial score (nSPS) is 13.6. The number of nitrogens with zero attached hydrogens (tertiary/aromatic N) is 1. The fraction of sp³-hybridized carbons (Fsp3) is 0.667. The first kappa shape index (κ1) is 10.2. The first-order chi connectivity index (χ1) is 4.66. The Morgan fingerprint density at radius 3 is 2.70 bits per heavy atom. The Balaban J connectivity index is 3.11. The molecule has 0 bridgehead atoms. The van der Waals surface area contributed by atoms with Gasteiger partial charge in [0.2, 0.25) is 8.27 Å². The first-order valence-electron chi connectivity index (χ1n) is 3.31. The van der Waals surface area contributed by atoms with Crippen LogP contribution in [-0.4, -0.2) is 40.4 Å². The van der Waals surface area contributed by atoms with Crippen molar-refractivity contribution in [1.82, 2.24) is 9.88 Å². The van der Waals surface area contributed by atoms with Gasteiger partial charge in [0.1, 0.15) is 0 Å². The molecule has 0 aromatic rings. The third-order valence-corrected chi connectivity index (χ3v) is 3.20. The highest BCUT2D eigenvalue weighted by atomic mass is 35.6. The molecule has 0 aromatic heterocycles. The number of hydrogen-bond acceptors (Lipinski definition) is 2. The largest absolute Gasteiger partial charge is 0.323 e. The molecule has 0 amide bonds. The molecule has 2 nitrogen and oxygen atoms in total. The van der Waals surface area contributed by atoms with Gasteiger partial charge in [0.05, 0.1) is 0 Å². The van der Waals surface area contributed by atoms with Crippen LogP contribution >= 0.6 is 11.1 Å². The van der Waals surface area contributed by atoms with E-state index in [-0.39, 0.29) is 0 Å². The molecule has 1 N–H and O–H groups in total. The lowest BCUT2D eigenvalue weighted by molar-refractivity contribution is 0.414. The third-order valence-electron chi connectivity index (χ3n) is 1.11. The van der Waals surface area contributed by atoms with Gasteiger partial charge in [0.15, 0.2) is 0 Å². The lowest BCUT2D eigenvalue weighted by Gasteiger charge is -2.10. The van der Waals surface area contributed by atoms with E-state index in [1.807, 2.05) is 19.8 Å². The van der Waals surface area contributed by atoms with Gasteiger partial charge in [0, 0.05) is 13.1 Å². The second-order valence-electron chi connectivity index (χ2n) is 2.39. The van der Waals surface area contributed by atoms with Crippen LogP contribution in [0.2, 0.25) is 0 Å². The van der Waals surface area contributed by atoms with Crippen molar-refractivity contribution in [2.24, 2.45) is 0 Å². The highest BCUT2D eigenvalue weighted by molar-refractivity contribution is 7.08. The van der Waals surface area contributed by atoms with Gasteiger partial charge in [-0.3, -0.25) is 0 Å². The lowest BCUT2D eigenvalue weighted by atomic mass is 10.6. The van der Waals surface area contributed by atoms with Crippen LogP contribution in [0.4, 0.5) is 0 Å². The molecule has 0 rings (SSSR count). The number of rotatable bonds is 5. The van der Waals surface area contributed by atoms with Crippen molar-refractivity contribution in [3.05, 3.63) is 12.3 Å². The maximum Gasteiger partial charge on any atom is 0.234 e. The molecule has 0 aliphatic carbocycles. The minimum Gasteiger partial charge on any atom is -0.323 e. The van der Waals surface area contributed by atoms with Gasteiger partial charge in [-0.2, -0.15) is 0 Å². The van der Waals surface area contributed by atoms with Gasteiger partial charge in [-0.15, -0.1) is 17.7 Å². The molecule has 4 heteroatoms. The van der Waals surface area contributed by atoms with Crippen LogP contribution in [0.25, 0.3) is 0 Å². The van der Waals surface area contributed by atoms with E-state index in [1.54, 1.807) is 0 Å². The zero-order valence-corrected chi connectivity index (χ0v) is 8.51. The first-order valence-corrected chi connectivity index (χ1v) is 6.30. The molecule has 1 atom stereocenters. The van der Waals surface area contributed by atoms with Crippen LogP contribution in [0, 0.1) is 0 Å². The Labute approximate surface area is 69.3 Å². The Morgan fingerprint density at radius 1 is 1.70 bits per heavy atom. The summed E-state index contributed by atoms with van der Waals surface area (Å²) in [5.74, 6) is 0. The van der Waals surface area contributed by atoms with E-state index in [1.165, 1.54) is 0 Å². The molecular formula is C6H15ClN2Si. The fourth-order valence-corrected chi connectivity index (χ4v) is 1.41. The molecule has 0 aliphatic heterocycles. The summed E-state index contributed by atoms with van der Waals surface area (Å²) < 4.78 is 0. The smallest absolute Gasteiger partial charge is 0.234 e. The summed E-state index contributed by atoms with van der Waals surface area (Å²) in [6.07, 6.45) is 0. The summed E-state index contributed by atoms with van der Waals surface area (Å²) in [6, 6.07) is 0. The summed E-state index contributed by atoms with van der Waals surface area (Å²) >= 11 is 5.84. The summed E-state index contributed by atoms with van der Waals surface area (Å²) in [6.45, 7) is 5.60. The van der Waals surface area contributed by atoms with Crippen molar-refractivity contribution in [2.45, 2.75) is 0 Å². The quantitative estimate of drug-likeness (QED) is 0.482. The van der Waals surface area contributed by atoms with Crippen molar-refractivity contribution in [1.29, 1.82) is 0 Å². The summed E-state index contributed by atoms with van der Waals surface area (Å²) in [4.78, 5) is 5.33. The Hall–Kier alpha value is 0.167. The van der Waals surface area contributed by atoms with Gasteiger partial charge in [-0.05, 0) is 14.1 Å². The lowest BCUT2D eigenvalue weighted by Crippen LogP contribution is -2.33.